The fourth-order valence-corrected chi connectivity index (χ4v) is 5.36. The number of aryl methyl sites for hydroxylation is 1. The Morgan fingerprint density at radius 1 is 1.11 bits per heavy atom. The standard InChI is InChI=1S/C24H42N4/c1-4-12-27(3)24-19(2)15-23(28-13-6-5-7-14-28)17-21(24)16-20-8-10-22(11-9-20)26-18-25/h15,17,20,22,26H,4-14,16,18,25H2,1-3H3/t20-,22+. The highest BCUT2D eigenvalue weighted by molar-refractivity contribution is 5.66. The first-order chi connectivity index (χ1) is 13.6. The molecule has 0 spiro atoms. The lowest BCUT2D eigenvalue weighted by molar-refractivity contribution is 0.292. The first-order valence-corrected chi connectivity index (χ1v) is 11.7. The van der Waals surface area contributed by atoms with Crippen LogP contribution in [-0.2, 0) is 6.42 Å². The fraction of sp³-hybridized carbons (Fsp3) is 0.750. The Labute approximate surface area is 172 Å². The minimum absolute atomic E-state index is 0.609. The molecule has 0 amide bonds. The van der Waals surface area contributed by atoms with Crippen LogP contribution in [0.3, 0.4) is 0 Å². The lowest BCUT2D eigenvalue weighted by Gasteiger charge is -2.34. The van der Waals surface area contributed by atoms with Crippen LogP contribution in [-0.4, -0.2) is 39.4 Å². The number of nitrogens with one attached hydrogen (secondary N) is 1. The molecule has 2 aliphatic rings. The Morgan fingerprint density at radius 2 is 1.82 bits per heavy atom. The third-order valence-corrected chi connectivity index (χ3v) is 6.79. The first kappa shape index (κ1) is 21.4. The molecule has 3 rings (SSSR count). The van der Waals surface area contributed by atoms with Gasteiger partial charge in [-0.2, -0.15) is 0 Å². The predicted molar refractivity (Wildman–Crippen MR) is 122 cm³/mol. The van der Waals surface area contributed by atoms with Gasteiger partial charge in [0.1, 0.15) is 0 Å². The highest BCUT2D eigenvalue weighted by atomic mass is 15.1. The molecule has 1 aliphatic carbocycles. The minimum Gasteiger partial charge on any atom is -0.374 e. The van der Waals surface area contributed by atoms with E-state index in [4.69, 9.17) is 5.73 Å². The summed E-state index contributed by atoms with van der Waals surface area (Å²) in [6.07, 6.45) is 11.7. The molecular formula is C24H42N4. The minimum atomic E-state index is 0.609. The monoisotopic (exact) mass is 386 g/mol. The molecule has 0 unspecified atom stereocenters. The summed E-state index contributed by atoms with van der Waals surface area (Å²) in [5.74, 6) is 0.806. The van der Waals surface area contributed by atoms with E-state index in [9.17, 15) is 0 Å². The maximum absolute atomic E-state index is 5.68. The van der Waals surface area contributed by atoms with E-state index in [2.05, 4.69) is 48.1 Å². The Morgan fingerprint density at radius 3 is 2.46 bits per heavy atom. The Balaban J connectivity index is 1.80. The van der Waals surface area contributed by atoms with Crippen LogP contribution in [0.15, 0.2) is 12.1 Å². The molecule has 0 atom stereocenters. The SMILES string of the molecule is CCCN(C)c1c(C)cc(N2CCCCC2)cc1C[C@H]1CC[C@@H](NCN)CC1. The van der Waals surface area contributed by atoms with Gasteiger partial charge in [0.15, 0.2) is 0 Å². The average Bonchev–Trinajstić information content (AvgIpc) is 2.70. The van der Waals surface area contributed by atoms with Crippen molar-refractivity contribution in [3.05, 3.63) is 23.3 Å². The molecule has 1 saturated carbocycles. The lowest BCUT2D eigenvalue weighted by Crippen LogP contribution is -2.37. The highest BCUT2D eigenvalue weighted by Gasteiger charge is 2.24. The van der Waals surface area contributed by atoms with Gasteiger partial charge in [0.05, 0.1) is 0 Å². The number of nitrogens with zero attached hydrogens (tertiary/aromatic N) is 2. The number of hydrogen-bond donors (Lipinski definition) is 2. The molecule has 0 bridgehead atoms. The van der Waals surface area contributed by atoms with Crippen LogP contribution in [0.5, 0.6) is 0 Å². The number of anilines is 2. The summed E-state index contributed by atoms with van der Waals surface area (Å²) < 4.78 is 0. The molecule has 2 fully saturated rings. The molecule has 1 aliphatic heterocycles. The smallest absolute Gasteiger partial charge is 0.0430 e. The third-order valence-electron chi connectivity index (χ3n) is 6.79. The van der Waals surface area contributed by atoms with Gasteiger partial charge in [-0.25, -0.2) is 0 Å². The van der Waals surface area contributed by atoms with E-state index in [1.807, 2.05) is 0 Å². The number of rotatable bonds is 8. The van der Waals surface area contributed by atoms with Crippen molar-refractivity contribution in [2.24, 2.45) is 11.7 Å². The van der Waals surface area contributed by atoms with E-state index in [1.165, 1.54) is 87.8 Å². The molecule has 0 radical (unpaired) electrons. The van der Waals surface area contributed by atoms with Crippen LogP contribution >= 0.6 is 0 Å². The summed E-state index contributed by atoms with van der Waals surface area (Å²) in [6.45, 7) is 8.78. The highest BCUT2D eigenvalue weighted by Crippen LogP contribution is 2.36. The quantitative estimate of drug-likeness (QED) is 0.648. The molecule has 28 heavy (non-hydrogen) atoms. The second-order valence-electron chi connectivity index (χ2n) is 9.07. The van der Waals surface area contributed by atoms with E-state index in [-0.39, 0.29) is 0 Å². The van der Waals surface area contributed by atoms with Gasteiger partial charge in [-0.15, -0.1) is 0 Å². The van der Waals surface area contributed by atoms with Crippen molar-refractivity contribution >= 4 is 11.4 Å². The van der Waals surface area contributed by atoms with Crippen molar-refractivity contribution in [2.75, 3.05) is 43.2 Å². The third kappa shape index (κ3) is 5.42. The predicted octanol–water partition coefficient (Wildman–Crippen LogP) is 4.44. The van der Waals surface area contributed by atoms with Crippen molar-refractivity contribution in [3.63, 3.8) is 0 Å². The van der Waals surface area contributed by atoms with Crippen LogP contribution in [0.4, 0.5) is 11.4 Å². The molecule has 4 nitrogen and oxygen atoms in total. The van der Waals surface area contributed by atoms with Gasteiger partial charge < -0.3 is 20.9 Å². The van der Waals surface area contributed by atoms with Crippen molar-refractivity contribution < 1.29 is 0 Å². The summed E-state index contributed by atoms with van der Waals surface area (Å²) in [5, 5.41) is 3.44. The maximum atomic E-state index is 5.68. The second-order valence-corrected chi connectivity index (χ2v) is 9.07. The van der Waals surface area contributed by atoms with Crippen LogP contribution in [0.1, 0.15) is 69.4 Å². The van der Waals surface area contributed by atoms with E-state index in [0.29, 0.717) is 12.7 Å². The van der Waals surface area contributed by atoms with Crippen LogP contribution in [0, 0.1) is 12.8 Å². The topological polar surface area (TPSA) is 44.5 Å². The summed E-state index contributed by atoms with van der Waals surface area (Å²) in [7, 11) is 2.28. The molecule has 0 aromatic heterocycles. The normalized spacial score (nSPS) is 23.1. The zero-order chi connectivity index (χ0) is 19.9. The van der Waals surface area contributed by atoms with E-state index >= 15 is 0 Å². The van der Waals surface area contributed by atoms with Gasteiger partial charge in [0.25, 0.3) is 0 Å². The zero-order valence-electron chi connectivity index (χ0n) is 18.5. The van der Waals surface area contributed by atoms with Crippen LogP contribution in [0.25, 0.3) is 0 Å². The first-order valence-electron chi connectivity index (χ1n) is 11.7. The number of hydrogen-bond acceptors (Lipinski definition) is 4. The van der Waals surface area contributed by atoms with Crippen LogP contribution in [0.2, 0.25) is 0 Å². The number of benzene rings is 1. The molecule has 4 heteroatoms. The van der Waals surface area contributed by atoms with Crippen molar-refractivity contribution in [1.29, 1.82) is 0 Å². The average molecular weight is 387 g/mol. The van der Waals surface area contributed by atoms with Gasteiger partial charge in [0, 0.05) is 50.8 Å². The molecule has 158 valence electrons. The van der Waals surface area contributed by atoms with E-state index < -0.39 is 0 Å². The van der Waals surface area contributed by atoms with Gasteiger partial charge in [0.2, 0.25) is 0 Å². The van der Waals surface area contributed by atoms with E-state index in [0.717, 1.165) is 12.5 Å². The summed E-state index contributed by atoms with van der Waals surface area (Å²) >= 11 is 0. The zero-order valence-corrected chi connectivity index (χ0v) is 18.5. The lowest BCUT2D eigenvalue weighted by atomic mass is 9.81. The van der Waals surface area contributed by atoms with Crippen molar-refractivity contribution in [2.45, 2.75) is 77.7 Å². The molecule has 1 aromatic carbocycles. The Bertz CT molecular complexity index is 601. The maximum Gasteiger partial charge on any atom is 0.0430 e. The molecule has 1 saturated heterocycles. The van der Waals surface area contributed by atoms with Gasteiger partial charge >= 0.3 is 0 Å². The number of nitrogens with two attached hydrogens (primary N) is 1. The molecule has 1 aromatic rings. The largest absolute Gasteiger partial charge is 0.374 e. The summed E-state index contributed by atoms with van der Waals surface area (Å²) in [6, 6.07) is 5.60. The molecule has 1 heterocycles. The Hall–Kier alpha value is -1.26. The Kier molecular flexibility index (Phi) is 8.04. The van der Waals surface area contributed by atoms with Gasteiger partial charge in [-0.05, 0) is 93.9 Å². The summed E-state index contributed by atoms with van der Waals surface area (Å²) in [5.41, 5.74) is 11.7. The molecule has 3 N–H and O–H groups in total. The second kappa shape index (κ2) is 10.5. The summed E-state index contributed by atoms with van der Waals surface area (Å²) in [4.78, 5) is 5.11. The van der Waals surface area contributed by atoms with Gasteiger partial charge in [-0.3, -0.25) is 0 Å². The molecular weight excluding hydrogens is 344 g/mol. The van der Waals surface area contributed by atoms with E-state index in [1.54, 1.807) is 5.56 Å². The number of piperidine rings is 1. The van der Waals surface area contributed by atoms with Crippen molar-refractivity contribution in [3.8, 4) is 0 Å². The fourth-order valence-electron chi connectivity index (χ4n) is 5.36. The van der Waals surface area contributed by atoms with Gasteiger partial charge in [-0.1, -0.05) is 6.92 Å². The van der Waals surface area contributed by atoms with Crippen molar-refractivity contribution in [1.82, 2.24) is 5.32 Å². The van der Waals surface area contributed by atoms with Crippen LogP contribution < -0.4 is 20.9 Å².